The maximum absolute atomic E-state index is 3.45. The predicted octanol–water partition coefficient (Wildman–Crippen LogP) is 2.88. The van der Waals surface area contributed by atoms with Gasteiger partial charge in [-0.15, -0.1) is 0 Å². The third-order valence-corrected chi connectivity index (χ3v) is 2.31. The Morgan fingerprint density at radius 3 is 2.50 bits per heavy atom. The number of hydrogen-bond acceptors (Lipinski definition) is 2. The molecule has 2 nitrogen and oxygen atoms in total. The topological polar surface area (TPSA) is 24.1 Å². The zero-order valence-electron chi connectivity index (χ0n) is 11.3. The fourth-order valence-corrected chi connectivity index (χ4v) is 1.37. The molecule has 16 heavy (non-hydrogen) atoms. The Kier molecular flexibility index (Phi) is 10.5. The first kappa shape index (κ1) is 15.4. The molecule has 0 atom stereocenters. The van der Waals surface area contributed by atoms with Gasteiger partial charge in [0.1, 0.15) is 0 Å². The molecular formula is C14H28N2. The molecule has 0 rings (SSSR count). The fourth-order valence-electron chi connectivity index (χ4n) is 1.37. The van der Waals surface area contributed by atoms with Crippen LogP contribution in [0.25, 0.3) is 0 Å². The van der Waals surface area contributed by atoms with Gasteiger partial charge in [-0.05, 0) is 39.8 Å². The lowest BCUT2D eigenvalue weighted by Gasteiger charge is -2.08. The van der Waals surface area contributed by atoms with Crippen LogP contribution in [0.4, 0.5) is 0 Å². The predicted molar refractivity (Wildman–Crippen MR) is 73.8 cm³/mol. The van der Waals surface area contributed by atoms with Crippen molar-refractivity contribution in [3.05, 3.63) is 23.8 Å². The van der Waals surface area contributed by atoms with Crippen molar-refractivity contribution in [2.24, 2.45) is 0 Å². The third-order valence-electron chi connectivity index (χ3n) is 2.31. The van der Waals surface area contributed by atoms with Crippen LogP contribution in [0.2, 0.25) is 0 Å². The van der Waals surface area contributed by atoms with Gasteiger partial charge in [-0.3, -0.25) is 0 Å². The Morgan fingerprint density at radius 2 is 1.88 bits per heavy atom. The van der Waals surface area contributed by atoms with Gasteiger partial charge in [-0.1, -0.05) is 37.6 Å². The Morgan fingerprint density at radius 1 is 1.19 bits per heavy atom. The second-order valence-electron chi connectivity index (χ2n) is 4.53. The lowest BCUT2D eigenvalue weighted by atomic mass is 10.2. The Hall–Kier alpha value is -0.600. The van der Waals surface area contributed by atoms with Gasteiger partial charge >= 0.3 is 0 Å². The van der Waals surface area contributed by atoms with Crippen LogP contribution in [0.15, 0.2) is 23.8 Å². The maximum Gasteiger partial charge on any atom is 0.0164 e. The summed E-state index contributed by atoms with van der Waals surface area (Å²) in [5, 5.41) is 6.88. The van der Waals surface area contributed by atoms with E-state index >= 15 is 0 Å². The van der Waals surface area contributed by atoms with Gasteiger partial charge in [-0.25, -0.2) is 0 Å². The van der Waals surface area contributed by atoms with E-state index in [0.717, 1.165) is 19.6 Å². The Bertz CT molecular complexity index is 205. The van der Waals surface area contributed by atoms with Gasteiger partial charge in [0.25, 0.3) is 0 Å². The molecule has 0 aromatic rings. The van der Waals surface area contributed by atoms with E-state index in [-0.39, 0.29) is 0 Å². The number of rotatable bonds is 9. The lowest BCUT2D eigenvalue weighted by Crippen LogP contribution is -2.25. The van der Waals surface area contributed by atoms with Gasteiger partial charge in [0.05, 0.1) is 0 Å². The van der Waals surface area contributed by atoms with E-state index in [9.17, 15) is 0 Å². The number of allylic oxidation sites excluding steroid dienone is 3. The summed E-state index contributed by atoms with van der Waals surface area (Å²) in [6, 6.07) is 0.610. The standard InChI is InChI=1S/C14H28N2/c1-5-6-9-14(4)12-15-10-7-8-11-16-13(2)3/h5-6,9,13,15-16H,7-8,10-12H2,1-4H3/b6-5-,14-9+. The zero-order chi connectivity index (χ0) is 12.2. The van der Waals surface area contributed by atoms with Gasteiger partial charge in [0.15, 0.2) is 0 Å². The molecule has 2 heteroatoms. The largest absolute Gasteiger partial charge is 0.315 e. The number of hydrogen-bond donors (Lipinski definition) is 2. The van der Waals surface area contributed by atoms with Crippen LogP contribution in [-0.2, 0) is 0 Å². The molecule has 0 saturated carbocycles. The summed E-state index contributed by atoms with van der Waals surface area (Å²) < 4.78 is 0. The summed E-state index contributed by atoms with van der Waals surface area (Å²) in [5.41, 5.74) is 1.39. The molecule has 0 aliphatic rings. The van der Waals surface area contributed by atoms with Crippen molar-refractivity contribution >= 4 is 0 Å². The van der Waals surface area contributed by atoms with E-state index in [2.05, 4.69) is 49.6 Å². The number of nitrogens with one attached hydrogen (secondary N) is 2. The molecule has 0 heterocycles. The molecule has 0 aromatic heterocycles. The minimum Gasteiger partial charge on any atom is -0.315 e. The molecule has 0 aliphatic heterocycles. The van der Waals surface area contributed by atoms with Gasteiger partial charge < -0.3 is 10.6 Å². The summed E-state index contributed by atoms with van der Waals surface area (Å²) >= 11 is 0. The van der Waals surface area contributed by atoms with E-state index in [0.29, 0.717) is 6.04 Å². The molecule has 0 amide bonds. The van der Waals surface area contributed by atoms with Crippen molar-refractivity contribution in [1.29, 1.82) is 0 Å². The first-order chi connectivity index (χ1) is 7.66. The van der Waals surface area contributed by atoms with E-state index in [1.807, 2.05) is 6.92 Å². The van der Waals surface area contributed by atoms with Gasteiger partial charge in [0, 0.05) is 12.6 Å². The van der Waals surface area contributed by atoms with Crippen LogP contribution in [0.1, 0.15) is 40.5 Å². The summed E-state index contributed by atoms with van der Waals surface area (Å²) in [4.78, 5) is 0. The van der Waals surface area contributed by atoms with Crippen molar-refractivity contribution in [1.82, 2.24) is 10.6 Å². The maximum atomic E-state index is 3.45. The normalized spacial score (nSPS) is 12.9. The molecule has 0 fully saturated rings. The summed E-state index contributed by atoms with van der Waals surface area (Å²) in [6.45, 7) is 11.8. The molecule has 0 aliphatic carbocycles. The lowest BCUT2D eigenvalue weighted by molar-refractivity contribution is 0.546. The SMILES string of the molecule is C/C=C\C=C(/C)CNCCCCNC(C)C. The van der Waals surface area contributed by atoms with E-state index in [4.69, 9.17) is 0 Å². The summed E-state index contributed by atoms with van der Waals surface area (Å²) in [7, 11) is 0. The van der Waals surface area contributed by atoms with Crippen molar-refractivity contribution in [2.45, 2.75) is 46.6 Å². The highest BCUT2D eigenvalue weighted by Crippen LogP contribution is 1.92. The van der Waals surface area contributed by atoms with Crippen molar-refractivity contribution < 1.29 is 0 Å². The van der Waals surface area contributed by atoms with E-state index in [1.54, 1.807) is 0 Å². The minimum atomic E-state index is 0.610. The minimum absolute atomic E-state index is 0.610. The van der Waals surface area contributed by atoms with Crippen molar-refractivity contribution in [3.8, 4) is 0 Å². The molecule has 0 saturated heterocycles. The van der Waals surface area contributed by atoms with Crippen LogP contribution in [0.3, 0.4) is 0 Å². The zero-order valence-corrected chi connectivity index (χ0v) is 11.3. The molecule has 0 spiro atoms. The Balaban J connectivity index is 3.27. The van der Waals surface area contributed by atoms with Crippen molar-refractivity contribution in [3.63, 3.8) is 0 Å². The van der Waals surface area contributed by atoms with Crippen LogP contribution in [0.5, 0.6) is 0 Å². The molecule has 0 aromatic carbocycles. The smallest absolute Gasteiger partial charge is 0.0164 e. The molecule has 0 radical (unpaired) electrons. The van der Waals surface area contributed by atoms with Crippen LogP contribution in [-0.4, -0.2) is 25.7 Å². The first-order valence-electron chi connectivity index (χ1n) is 6.39. The highest BCUT2D eigenvalue weighted by molar-refractivity contribution is 5.10. The van der Waals surface area contributed by atoms with Gasteiger partial charge in [0.2, 0.25) is 0 Å². The fraction of sp³-hybridized carbons (Fsp3) is 0.714. The average molecular weight is 224 g/mol. The van der Waals surface area contributed by atoms with Crippen LogP contribution >= 0.6 is 0 Å². The highest BCUT2D eigenvalue weighted by atomic mass is 14.9. The third kappa shape index (κ3) is 11.5. The Labute approximate surface area is 101 Å². The first-order valence-corrected chi connectivity index (χ1v) is 6.39. The second kappa shape index (κ2) is 10.9. The summed E-state index contributed by atoms with van der Waals surface area (Å²) in [5.74, 6) is 0. The second-order valence-corrected chi connectivity index (χ2v) is 4.53. The number of unbranched alkanes of at least 4 members (excludes halogenated alkanes) is 1. The van der Waals surface area contributed by atoms with E-state index in [1.165, 1.54) is 18.4 Å². The quantitative estimate of drug-likeness (QED) is 0.465. The summed E-state index contributed by atoms with van der Waals surface area (Å²) in [6.07, 6.45) is 8.80. The van der Waals surface area contributed by atoms with Gasteiger partial charge in [-0.2, -0.15) is 0 Å². The monoisotopic (exact) mass is 224 g/mol. The molecule has 94 valence electrons. The van der Waals surface area contributed by atoms with Crippen LogP contribution < -0.4 is 10.6 Å². The highest BCUT2D eigenvalue weighted by Gasteiger charge is 1.92. The van der Waals surface area contributed by atoms with Crippen molar-refractivity contribution in [2.75, 3.05) is 19.6 Å². The van der Waals surface area contributed by atoms with E-state index < -0.39 is 0 Å². The molecule has 0 bridgehead atoms. The van der Waals surface area contributed by atoms with Crippen LogP contribution in [0, 0.1) is 0 Å². The average Bonchev–Trinajstić information content (AvgIpc) is 2.24. The molecular weight excluding hydrogens is 196 g/mol. The molecule has 2 N–H and O–H groups in total. The molecule has 0 unspecified atom stereocenters.